The van der Waals surface area contributed by atoms with Crippen molar-refractivity contribution in [1.29, 1.82) is 0 Å². The van der Waals surface area contributed by atoms with Crippen molar-refractivity contribution in [1.82, 2.24) is 21.3 Å². The number of benzene rings is 1. The summed E-state index contributed by atoms with van der Waals surface area (Å²) >= 11 is 0. The number of carbonyl (C=O) groups excluding carboxylic acids is 5. The molecule has 0 spiro atoms. The maximum absolute atomic E-state index is 13.7. The van der Waals surface area contributed by atoms with Crippen LogP contribution < -0.4 is 44.2 Å². The largest absolute Gasteiger partial charge is 0.508 e. The van der Waals surface area contributed by atoms with Crippen LogP contribution in [0.1, 0.15) is 77.7 Å². The third-order valence-corrected chi connectivity index (χ3v) is 7.83. The second-order valence-corrected chi connectivity index (χ2v) is 13.0. The van der Waals surface area contributed by atoms with Crippen molar-refractivity contribution in [3.8, 4) is 5.75 Å². The number of carbonyl (C=O) groups is 7. The molecule has 4 amide bonds. The molecular formula is C35H59N9O11. The highest BCUT2D eigenvalue weighted by Gasteiger charge is 2.33. The van der Waals surface area contributed by atoms with Gasteiger partial charge in [0.05, 0.1) is 13.2 Å². The van der Waals surface area contributed by atoms with Gasteiger partial charge in [-0.05, 0) is 75.1 Å². The lowest BCUT2D eigenvalue weighted by Crippen LogP contribution is -2.59. The van der Waals surface area contributed by atoms with E-state index in [1.165, 1.54) is 19.2 Å². The molecule has 1 aromatic rings. The molecule has 20 heteroatoms. The summed E-state index contributed by atoms with van der Waals surface area (Å²) in [6.07, 6.45) is 1.47. The van der Waals surface area contributed by atoms with E-state index in [0.29, 0.717) is 31.4 Å². The SMILES string of the molecule is CC(=O)O.COC(=O)[C@H](Cc1ccc(O)cc1)NC(=O)[C@@H](NC(=O)[C@@H](CCCC(=O)O)NC(=O)[C@H](CCCCN)NC(=O)[C@@H](N)CCCN=C(N)N)C(C)C. The number of hydrogen-bond donors (Lipinski definition) is 11. The van der Waals surface area contributed by atoms with Gasteiger partial charge in [-0.15, -0.1) is 0 Å². The van der Waals surface area contributed by atoms with Gasteiger partial charge in [0.15, 0.2) is 5.96 Å². The fourth-order valence-corrected chi connectivity index (χ4v) is 4.94. The number of phenolic OH excluding ortho intramolecular Hbond substituents is 1. The minimum absolute atomic E-state index is 0.00809. The van der Waals surface area contributed by atoms with Crippen LogP contribution in [0.15, 0.2) is 29.3 Å². The first kappa shape index (κ1) is 49.5. The topological polar surface area (TPSA) is 354 Å². The molecule has 310 valence electrons. The van der Waals surface area contributed by atoms with E-state index < -0.39 is 77.7 Å². The Bertz CT molecular complexity index is 1420. The second-order valence-electron chi connectivity index (χ2n) is 13.0. The lowest BCUT2D eigenvalue weighted by molar-refractivity contribution is -0.145. The molecule has 0 bridgehead atoms. The average Bonchev–Trinajstić information content (AvgIpc) is 3.10. The number of esters is 1. The number of carboxylic acid groups (broad SMARTS) is 2. The number of guanidine groups is 1. The van der Waals surface area contributed by atoms with Crippen LogP contribution in [0.3, 0.4) is 0 Å². The Kier molecular flexibility index (Phi) is 24.4. The van der Waals surface area contributed by atoms with Crippen molar-refractivity contribution in [2.75, 3.05) is 20.2 Å². The van der Waals surface area contributed by atoms with Crippen LogP contribution in [0.25, 0.3) is 0 Å². The number of carboxylic acids is 2. The molecule has 0 aliphatic rings. The zero-order chi connectivity index (χ0) is 42.1. The van der Waals surface area contributed by atoms with Crippen LogP contribution in [0, 0.1) is 5.92 Å². The molecular weight excluding hydrogens is 722 g/mol. The maximum Gasteiger partial charge on any atom is 0.328 e. The summed E-state index contributed by atoms with van der Waals surface area (Å²) in [5.41, 5.74) is 22.9. The number of nitrogens with one attached hydrogen (secondary N) is 4. The quantitative estimate of drug-likeness (QED) is 0.0248. The normalized spacial score (nSPS) is 13.3. The zero-order valence-corrected chi connectivity index (χ0v) is 31.9. The number of ether oxygens (including phenoxy) is 1. The molecule has 0 saturated heterocycles. The van der Waals surface area contributed by atoms with E-state index in [-0.39, 0.29) is 56.8 Å². The summed E-state index contributed by atoms with van der Waals surface area (Å²) in [5.74, 6) is -6.05. The molecule has 0 aliphatic carbocycles. The van der Waals surface area contributed by atoms with Crippen LogP contribution in [0.5, 0.6) is 5.75 Å². The van der Waals surface area contributed by atoms with Crippen LogP contribution in [-0.4, -0.2) is 113 Å². The van der Waals surface area contributed by atoms with E-state index in [0.717, 1.165) is 6.92 Å². The van der Waals surface area contributed by atoms with E-state index in [1.54, 1.807) is 26.0 Å². The standard InChI is InChI=1S/C33H55N9O9.C2H4O2/c1-19(2)27(31(49)41-25(32(50)51-3)18-20-12-14-21(43)15-13-20)42-30(48)24(10-6-11-26(44)45)40-29(47)23(9-4-5-16-34)39-28(46)22(35)8-7-17-38-33(36)37;1-2(3)4/h12-15,19,22-25,27,43H,4-11,16-18,34-35H2,1-3H3,(H,39,46)(H,40,47)(H,41,49)(H,42,48)(H,44,45)(H4,36,37,38);1H3,(H,3,4)/t22-,23-,24+,25-,27-;/m0./s1. The summed E-state index contributed by atoms with van der Waals surface area (Å²) in [6, 6.07) is 0.340. The van der Waals surface area contributed by atoms with Gasteiger partial charge >= 0.3 is 11.9 Å². The molecule has 0 fully saturated rings. The van der Waals surface area contributed by atoms with Gasteiger partial charge in [0, 0.05) is 26.3 Å². The summed E-state index contributed by atoms with van der Waals surface area (Å²) in [6.45, 7) is 5.02. The number of aliphatic imine (C=N–C) groups is 1. The second kappa shape index (κ2) is 27.1. The number of hydrogen-bond acceptors (Lipinski definition) is 12. The van der Waals surface area contributed by atoms with Crippen molar-refractivity contribution in [3.05, 3.63) is 29.8 Å². The van der Waals surface area contributed by atoms with Crippen LogP contribution in [-0.2, 0) is 44.7 Å². The van der Waals surface area contributed by atoms with Gasteiger partial charge in [-0.1, -0.05) is 26.0 Å². The Morgan fingerprint density at radius 3 is 1.80 bits per heavy atom. The predicted molar refractivity (Wildman–Crippen MR) is 202 cm³/mol. The maximum atomic E-state index is 13.7. The van der Waals surface area contributed by atoms with Crippen molar-refractivity contribution in [2.24, 2.45) is 33.8 Å². The third kappa shape index (κ3) is 22.3. The van der Waals surface area contributed by atoms with Crippen molar-refractivity contribution in [2.45, 2.75) is 109 Å². The molecule has 5 atom stereocenters. The van der Waals surface area contributed by atoms with Crippen LogP contribution >= 0.6 is 0 Å². The van der Waals surface area contributed by atoms with Crippen molar-refractivity contribution >= 4 is 47.5 Å². The molecule has 0 saturated carbocycles. The Labute approximate surface area is 320 Å². The molecule has 0 aliphatic heterocycles. The number of rotatable bonds is 24. The summed E-state index contributed by atoms with van der Waals surface area (Å²) in [7, 11) is 1.17. The highest BCUT2D eigenvalue weighted by Crippen LogP contribution is 2.13. The van der Waals surface area contributed by atoms with E-state index in [9.17, 15) is 39.0 Å². The number of phenols is 1. The number of unbranched alkanes of at least 4 members (excludes halogenated alkanes) is 1. The molecule has 1 rings (SSSR count). The van der Waals surface area contributed by atoms with Crippen molar-refractivity contribution < 1.29 is 53.6 Å². The van der Waals surface area contributed by atoms with Gasteiger partial charge in [0.1, 0.15) is 29.9 Å². The Morgan fingerprint density at radius 1 is 0.764 bits per heavy atom. The average molecular weight is 782 g/mol. The number of methoxy groups -OCH3 is 1. The number of aliphatic carboxylic acids is 2. The molecule has 55 heavy (non-hydrogen) atoms. The summed E-state index contributed by atoms with van der Waals surface area (Å²) in [4.78, 5) is 90.3. The van der Waals surface area contributed by atoms with Gasteiger partial charge < -0.3 is 64.3 Å². The number of amides is 4. The monoisotopic (exact) mass is 781 g/mol. The van der Waals surface area contributed by atoms with Crippen LogP contribution in [0.4, 0.5) is 0 Å². The first-order chi connectivity index (χ1) is 25.8. The van der Waals surface area contributed by atoms with Gasteiger partial charge in [0.2, 0.25) is 23.6 Å². The minimum atomic E-state index is -1.29. The first-order valence-corrected chi connectivity index (χ1v) is 17.8. The Balaban J connectivity index is 0.00000692. The fraction of sp³-hybridized carbons (Fsp3) is 0.600. The minimum Gasteiger partial charge on any atom is -0.508 e. The summed E-state index contributed by atoms with van der Waals surface area (Å²) in [5, 5.41) is 36.7. The predicted octanol–water partition coefficient (Wildman–Crippen LogP) is -1.44. The first-order valence-electron chi connectivity index (χ1n) is 17.8. The molecule has 0 heterocycles. The third-order valence-electron chi connectivity index (χ3n) is 7.83. The van der Waals surface area contributed by atoms with E-state index in [1.807, 2.05) is 0 Å². The molecule has 0 aromatic heterocycles. The van der Waals surface area contributed by atoms with Gasteiger partial charge in [-0.25, -0.2) is 4.79 Å². The lowest BCUT2D eigenvalue weighted by Gasteiger charge is -2.28. The molecule has 15 N–H and O–H groups in total. The number of aromatic hydroxyl groups is 1. The number of nitrogens with zero attached hydrogens (tertiary/aromatic N) is 1. The number of nitrogens with two attached hydrogens (primary N) is 4. The lowest BCUT2D eigenvalue weighted by atomic mass is 10.00. The van der Waals surface area contributed by atoms with Gasteiger partial charge in [0.25, 0.3) is 5.97 Å². The summed E-state index contributed by atoms with van der Waals surface area (Å²) < 4.78 is 4.86. The zero-order valence-electron chi connectivity index (χ0n) is 31.9. The van der Waals surface area contributed by atoms with Gasteiger partial charge in [-0.2, -0.15) is 0 Å². The van der Waals surface area contributed by atoms with E-state index >= 15 is 0 Å². The van der Waals surface area contributed by atoms with E-state index in [2.05, 4.69) is 26.3 Å². The molecule has 20 nitrogen and oxygen atoms in total. The fourth-order valence-electron chi connectivity index (χ4n) is 4.94. The van der Waals surface area contributed by atoms with Crippen LogP contribution in [0.2, 0.25) is 0 Å². The van der Waals surface area contributed by atoms with Gasteiger partial charge in [-0.3, -0.25) is 33.8 Å². The Hall–Kier alpha value is -5.50. The van der Waals surface area contributed by atoms with Crippen molar-refractivity contribution in [3.63, 3.8) is 0 Å². The highest BCUT2D eigenvalue weighted by atomic mass is 16.5. The smallest absolute Gasteiger partial charge is 0.328 e. The molecule has 0 radical (unpaired) electrons. The Morgan fingerprint density at radius 2 is 1.29 bits per heavy atom. The molecule has 0 unspecified atom stereocenters. The molecule has 1 aromatic carbocycles. The highest BCUT2D eigenvalue weighted by molar-refractivity contribution is 5.95. The van der Waals surface area contributed by atoms with E-state index in [4.69, 9.17) is 37.6 Å².